The molecule has 0 fully saturated rings. The summed E-state index contributed by atoms with van der Waals surface area (Å²) in [6.07, 6.45) is 0. The molecule has 0 bridgehead atoms. The Kier molecular flexibility index (Phi) is 2.84. The molecule has 0 saturated heterocycles. The van der Waals surface area contributed by atoms with E-state index in [1.54, 1.807) is 0 Å². The van der Waals surface area contributed by atoms with Gasteiger partial charge >= 0.3 is 5.63 Å². The average Bonchev–Trinajstić information content (AvgIpc) is 2.26. The molecular formula is C16H20O2. The van der Waals surface area contributed by atoms with Crippen LogP contribution in [0.1, 0.15) is 43.0 Å². The minimum atomic E-state index is -0.228. The first-order valence-electron chi connectivity index (χ1n) is 6.27. The zero-order valence-corrected chi connectivity index (χ0v) is 12.0. The monoisotopic (exact) mass is 244 g/mol. The van der Waals surface area contributed by atoms with Crippen molar-refractivity contribution in [3.63, 3.8) is 0 Å². The lowest BCUT2D eigenvalue weighted by atomic mass is 9.83. The molecule has 0 spiro atoms. The van der Waals surface area contributed by atoms with Crippen molar-refractivity contribution >= 4 is 11.0 Å². The Morgan fingerprint density at radius 3 is 2.11 bits per heavy atom. The number of benzene rings is 1. The second-order valence-corrected chi connectivity index (χ2v) is 6.00. The summed E-state index contributed by atoms with van der Waals surface area (Å²) in [6, 6.07) is 4.21. The van der Waals surface area contributed by atoms with Crippen molar-refractivity contribution in [2.45, 2.75) is 47.0 Å². The number of fused-ring (bicyclic) bond motifs is 1. The fraction of sp³-hybridized carbons (Fsp3) is 0.438. The summed E-state index contributed by atoms with van der Waals surface area (Å²) in [5.74, 6) is 0. The quantitative estimate of drug-likeness (QED) is 0.655. The van der Waals surface area contributed by atoms with E-state index in [2.05, 4.69) is 32.9 Å². The van der Waals surface area contributed by atoms with Crippen LogP contribution in [0.15, 0.2) is 21.3 Å². The van der Waals surface area contributed by atoms with Gasteiger partial charge in [0.15, 0.2) is 0 Å². The van der Waals surface area contributed by atoms with Crippen molar-refractivity contribution in [3.8, 4) is 0 Å². The van der Waals surface area contributed by atoms with Crippen molar-refractivity contribution in [1.82, 2.24) is 0 Å². The van der Waals surface area contributed by atoms with E-state index in [9.17, 15) is 4.79 Å². The van der Waals surface area contributed by atoms with Crippen LogP contribution >= 0.6 is 0 Å². The van der Waals surface area contributed by atoms with Gasteiger partial charge in [-0.2, -0.15) is 0 Å². The highest BCUT2D eigenvalue weighted by molar-refractivity contribution is 5.84. The molecule has 18 heavy (non-hydrogen) atoms. The molecular weight excluding hydrogens is 224 g/mol. The smallest absolute Gasteiger partial charge is 0.339 e. The number of aryl methyl sites for hydroxylation is 2. The maximum atomic E-state index is 11.8. The highest BCUT2D eigenvalue weighted by Gasteiger charge is 2.19. The van der Waals surface area contributed by atoms with Gasteiger partial charge in [0.05, 0.1) is 0 Å². The van der Waals surface area contributed by atoms with Crippen LogP contribution in [0, 0.1) is 20.8 Å². The van der Waals surface area contributed by atoms with E-state index in [1.165, 1.54) is 5.56 Å². The van der Waals surface area contributed by atoms with Gasteiger partial charge in [-0.3, -0.25) is 0 Å². The molecule has 0 N–H and O–H groups in total. The summed E-state index contributed by atoms with van der Waals surface area (Å²) in [4.78, 5) is 11.8. The second-order valence-electron chi connectivity index (χ2n) is 6.00. The predicted octanol–water partition coefficient (Wildman–Crippen LogP) is 4.02. The van der Waals surface area contributed by atoms with Crippen molar-refractivity contribution in [1.29, 1.82) is 0 Å². The van der Waals surface area contributed by atoms with Crippen molar-refractivity contribution in [2.75, 3.05) is 0 Å². The fourth-order valence-electron chi connectivity index (χ4n) is 2.46. The molecule has 0 unspecified atom stereocenters. The van der Waals surface area contributed by atoms with E-state index >= 15 is 0 Å². The van der Waals surface area contributed by atoms with Crippen LogP contribution in [0.25, 0.3) is 11.0 Å². The van der Waals surface area contributed by atoms with E-state index in [4.69, 9.17) is 4.42 Å². The van der Waals surface area contributed by atoms with Gasteiger partial charge in [-0.05, 0) is 42.9 Å². The van der Waals surface area contributed by atoms with Gasteiger partial charge in [-0.25, -0.2) is 4.79 Å². The third kappa shape index (κ3) is 1.86. The van der Waals surface area contributed by atoms with Gasteiger partial charge in [0.25, 0.3) is 0 Å². The Hall–Kier alpha value is -1.57. The number of rotatable bonds is 0. The predicted molar refractivity (Wildman–Crippen MR) is 75.4 cm³/mol. The highest BCUT2D eigenvalue weighted by Crippen LogP contribution is 2.31. The normalized spacial score (nSPS) is 12.1. The molecule has 0 radical (unpaired) electrons. The first kappa shape index (κ1) is 12.9. The maximum absolute atomic E-state index is 11.8. The van der Waals surface area contributed by atoms with Crippen molar-refractivity contribution in [3.05, 3.63) is 44.8 Å². The molecule has 96 valence electrons. The van der Waals surface area contributed by atoms with E-state index in [0.717, 1.165) is 22.1 Å². The second kappa shape index (κ2) is 3.98. The van der Waals surface area contributed by atoms with Gasteiger partial charge in [-0.15, -0.1) is 0 Å². The van der Waals surface area contributed by atoms with Crippen LogP contribution in [0.3, 0.4) is 0 Å². The molecule has 2 nitrogen and oxygen atoms in total. The number of hydrogen-bond donors (Lipinski definition) is 0. The summed E-state index contributed by atoms with van der Waals surface area (Å²) in [7, 11) is 0. The highest BCUT2D eigenvalue weighted by atomic mass is 16.4. The lowest BCUT2D eigenvalue weighted by Crippen LogP contribution is -2.14. The van der Waals surface area contributed by atoms with E-state index < -0.39 is 0 Å². The van der Waals surface area contributed by atoms with Gasteiger partial charge in [-0.1, -0.05) is 32.9 Å². The first-order chi connectivity index (χ1) is 8.23. The molecule has 0 aliphatic carbocycles. The van der Waals surface area contributed by atoms with Gasteiger partial charge in [0.1, 0.15) is 5.58 Å². The lowest BCUT2D eigenvalue weighted by Gasteiger charge is -2.22. The van der Waals surface area contributed by atoms with Crippen LogP contribution in [0.2, 0.25) is 0 Å². The lowest BCUT2D eigenvalue weighted by molar-refractivity contribution is 0.543. The van der Waals surface area contributed by atoms with E-state index in [-0.39, 0.29) is 11.0 Å². The Morgan fingerprint density at radius 1 is 0.944 bits per heavy atom. The van der Waals surface area contributed by atoms with Crippen LogP contribution < -0.4 is 5.63 Å². The standard InChI is InChI=1S/C16H20O2/c1-9-10(2)15(17)18-14-11(3)13(16(4,5)6)8-7-12(9)14/h7-8H,1-6H3. The number of hydrogen-bond acceptors (Lipinski definition) is 2. The van der Waals surface area contributed by atoms with Gasteiger partial charge < -0.3 is 4.42 Å². The SMILES string of the molecule is Cc1c(C)c2ccc(C(C)(C)C)c(C)c2oc1=O. The van der Waals surface area contributed by atoms with Crippen molar-refractivity contribution in [2.24, 2.45) is 0 Å². The molecule has 0 saturated carbocycles. The molecule has 2 heteroatoms. The Balaban J connectivity index is 2.93. The summed E-state index contributed by atoms with van der Waals surface area (Å²) in [6.45, 7) is 12.3. The van der Waals surface area contributed by atoms with Crippen molar-refractivity contribution < 1.29 is 4.42 Å². The first-order valence-corrected chi connectivity index (χ1v) is 6.27. The van der Waals surface area contributed by atoms with Crippen LogP contribution in [0.4, 0.5) is 0 Å². The third-order valence-electron chi connectivity index (χ3n) is 3.68. The molecule has 1 aromatic heterocycles. The van der Waals surface area contributed by atoms with Crippen LogP contribution in [-0.4, -0.2) is 0 Å². The van der Waals surface area contributed by atoms with Crippen LogP contribution in [0.5, 0.6) is 0 Å². The molecule has 2 rings (SSSR count). The third-order valence-corrected chi connectivity index (χ3v) is 3.68. The average molecular weight is 244 g/mol. The minimum Gasteiger partial charge on any atom is -0.422 e. The molecule has 0 amide bonds. The Bertz CT molecular complexity index is 670. The van der Waals surface area contributed by atoms with Crippen LogP contribution in [-0.2, 0) is 5.41 Å². The maximum Gasteiger partial charge on any atom is 0.339 e. The Labute approximate surface area is 108 Å². The topological polar surface area (TPSA) is 30.2 Å². The Morgan fingerprint density at radius 2 is 1.56 bits per heavy atom. The van der Waals surface area contributed by atoms with E-state index in [1.807, 2.05) is 20.8 Å². The summed E-state index contributed by atoms with van der Waals surface area (Å²) in [5.41, 5.74) is 4.57. The van der Waals surface area contributed by atoms with Gasteiger partial charge in [0.2, 0.25) is 0 Å². The molecule has 1 aromatic carbocycles. The summed E-state index contributed by atoms with van der Waals surface area (Å²) < 4.78 is 5.48. The minimum absolute atomic E-state index is 0.0512. The summed E-state index contributed by atoms with van der Waals surface area (Å²) >= 11 is 0. The molecule has 0 aliphatic rings. The molecule has 2 aromatic rings. The molecule has 0 atom stereocenters. The molecule has 0 aliphatic heterocycles. The zero-order valence-electron chi connectivity index (χ0n) is 12.0. The van der Waals surface area contributed by atoms with Gasteiger partial charge in [0, 0.05) is 10.9 Å². The largest absolute Gasteiger partial charge is 0.422 e. The van der Waals surface area contributed by atoms with E-state index in [0.29, 0.717) is 5.56 Å². The zero-order chi connectivity index (χ0) is 13.7. The molecule has 1 heterocycles. The summed E-state index contributed by atoms with van der Waals surface area (Å²) in [5, 5.41) is 1.04. The fourth-order valence-corrected chi connectivity index (χ4v) is 2.46.